The molecule has 14 heavy (non-hydrogen) atoms. The number of hydrogen-bond donors (Lipinski definition) is 2. The molecule has 0 radical (unpaired) electrons. The van der Waals surface area contributed by atoms with Crippen LogP contribution in [0, 0.1) is 0 Å². The number of rotatable bonds is 8. The van der Waals surface area contributed by atoms with Gasteiger partial charge in [0.15, 0.2) is 0 Å². The summed E-state index contributed by atoms with van der Waals surface area (Å²) in [6, 6.07) is -0.0221. The third-order valence-electron chi connectivity index (χ3n) is 1.71. The minimum absolute atomic E-state index is 0.00705. The minimum Gasteiger partial charge on any atom is -0.396 e. The fourth-order valence-electron chi connectivity index (χ4n) is 0.974. The fraction of sp³-hybridized carbons (Fsp3) is 1.00. The Morgan fingerprint density at radius 1 is 1.50 bits per heavy atom. The van der Waals surface area contributed by atoms with E-state index in [-0.39, 0.29) is 18.4 Å². The summed E-state index contributed by atoms with van der Waals surface area (Å²) in [5.74, 6) is 0.955. The van der Waals surface area contributed by atoms with Crippen LogP contribution in [0.4, 0.5) is 0 Å². The van der Waals surface area contributed by atoms with Crippen molar-refractivity contribution in [2.24, 2.45) is 0 Å². The zero-order chi connectivity index (χ0) is 11.0. The van der Waals surface area contributed by atoms with Crippen molar-refractivity contribution in [3.63, 3.8) is 0 Å². The van der Waals surface area contributed by atoms with Crippen molar-refractivity contribution < 1.29 is 13.5 Å². The number of aliphatic hydroxyl groups excluding tert-OH is 1. The number of thioether (sulfide) groups is 1. The lowest BCUT2D eigenvalue weighted by Crippen LogP contribution is -2.34. The van der Waals surface area contributed by atoms with Gasteiger partial charge in [-0.15, -0.1) is 0 Å². The van der Waals surface area contributed by atoms with Gasteiger partial charge in [0.05, 0.1) is 5.75 Å². The number of nitrogens with one attached hydrogen (secondary N) is 1. The lowest BCUT2D eigenvalue weighted by atomic mass is 10.3. The van der Waals surface area contributed by atoms with Gasteiger partial charge in [0.25, 0.3) is 0 Å². The van der Waals surface area contributed by atoms with Crippen molar-refractivity contribution >= 4 is 21.8 Å². The molecule has 0 aliphatic rings. The van der Waals surface area contributed by atoms with Gasteiger partial charge in [0.2, 0.25) is 10.0 Å². The largest absolute Gasteiger partial charge is 0.396 e. The Hall–Kier alpha value is 0.220. The molecule has 0 rings (SSSR count). The van der Waals surface area contributed by atoms with E-state index >= 15 is 0 Å². The fourth-order valence-corrected chi connectivity index (χ4v) is 2.92. The van der Waals surface area contributed by atoms with E-state index in [0.717, 1.165) is 12.2 Å². The molecule has 0 fully saturated rings. The molecule has 0 aromatic rings. The quantitative estimate of drug-likeness (QED) is 0.647. The number of hydrogen-bond acceptors (Lipinski definition) is 4. The van der Waals surface area contributed by atoms with Crippen molar-refractivity contribution in [2.75, 3.05) is 24.4 Å². The van der Waals surface area contributed by atoms with Crippen LogP contribution in [0.1, 0.15) is 19.8 Å². The summed E-state index contributed by atoms with van der Waals surface area (Å²) >= 11 is 1.70. The van der Waals surface area contributed by atoms with Crippen molar-refractivity contribution in [2.45, 2.75) is 25.8 Å². The predicted molar refractivity (Wildman–Crippen MR) is 61.1 cm³/mol. The van der Waals surface area contributed by atoms with E-state index in [1.165, 1.54) is 0 Å². The van der Waals surface area contributed by atoms with E-state index in [9.17, 15) is 8.42 Å². The first-order valence-corrected chi connectivity index (χ1v) is 7.66. The highest BCUT2D eigenvalue weighted by Crippen LogP contribution is 2.01. The first kappa shape index (κ1) is 14.2. The molecule has 0 aromatic carbocycles. The molecule has 2 N–H and O–H groups in total. The van der Waals surface area contributed by atoms with Gasteiger partial charge in [-0.05, 0) is 31.8 Å². The number of sulfonamides is 1. The van der Waals surface area contributed by atoms with E-state index in [1.54, 1.807) is 11.8 Å². The molecule has 0 amide bonds. The van der Waals surface area contributed by atoms with Crippen LogP contribution in [-0.2, 0) is 10.0 Å². The van der Waals surface area contributed by atoms with Crippen LogP contribution in [0.2, 0.25) is 0 Å². The molecule has 1 atom stereocenters. The second-order valence-corrected chi connectivity index (χ2v) is 6.06. The summed E-state index contributed by atoms with van der Waals surface area (Å²) in [4.78, 5) is 0. The molecule has 6 heteroatoms. The maximum atomic E-state index is 11.3. The van der Waals surface area contributed by atoms with Gasteiger partial charge in [-0.25, -0.2) is 13.1 Å². The zero-order valence-electron chi connectivity index (χ0n) is 8.69. The molecule has 0 saturated carbocycles. The van der Waals surface area contributed by atoms with Crippen LogP contribution in [0.15, 0.2) is 0 Å². The Morgan fingerprint density at radius 2 is 2.14 bits per heavy atom. The number of aliphatic hydroxyl groups is 1. The average molecular weight is 241 g/mol. The summed E-state index contributed by atoms with van der Waals surface area (Å²) < 4.78 is 25.2. The molecular weight excluding hydrogens is 222 g/mol. The van der Waals surface area contributed by atoms with Gasteiger partial charge in [0, 0.05) is 12.6 Å². The highest BCUT2D eigenvalue weighted by Gasteiger charge is 2.13. The molecular formula is C8H19NO3S2. The van der Waals surface area contributed by atoms with E-state index in [0.29, 0.717) is 6.42 Å². The first-order chi connectivity index (χ1) is 6.52. The topological polar surface area (TPSA) is 66.4 Å². The van der Waals surface area contributed by atoms with Crippen LogP contribution in [0.3, 0.4) is 0 Å². The van der Waals surface area contributed by atoms with Gasteiger partial charge < -0.3 is 5.11 Å². The van der Waals surface area contributed by atoms with Crippen LogP contribution < -0.4 is 4.72 Å². The Bertz CT molecular complexity index is 229. The second kappa shape index (κ2) is 7.50. The average Bonchev–Trinajstić information content (AvgIpc) is 2.11. The molecule has 0 aliphatic heterocycles. The smallest absolute Gasteiger partial charge is 0.211 e. The van der Waals surface area contributed by atoms with Gasteiger partial charge in [-0.1, -0.05) is 0 Å². The van der Waals surface area contributed by atoms with Crippen LogP contribution in [0.25, 0.3) is 0 Å². The Labute approximate surface area is 90.5 Å². The summed E-state index contributed by atoms with van der Waals surface area (Å²) in [6.07, 6.45) is 3.12. The van der Waals surface area contributed by atoms with Crippen molar-refractivity contribution in [3.05, 3.63) is 0 Å². The van der Waals surface area contributed by atoms with Crippen LogP contribution in [0.5, 0.6) is 0 Å². The van der Waals surface area contributed by atoms with Crippen LogP contribution in [-0.4, -0.2) is 43.9 Å². The summed E-state index contributed by atoms with van der Waals surface area (Å²) in [6.45, 7) is 1.77. The van der Waals surface area contributed by atoms with Crippen molar-refractivity contribution in [1.29, 1.82) is 0 Å². The predicted octanol–water partition coefficient (Wildman–Crippen LogP) is 0.430. The molecule has 0 heterocycles. The van der Waals surface area contributed by atoms with Gasteiger partial charge in [0.1, 0.15) is 0 Å². The molecule has 0 aliphatic carbocycles. The highest BCUT2D eigenvalue weighted by atomic mass is 32.2. The monoisotopic (exact) mass is 241 g/mol. The minimum atomic E-state index is -3.19. The maximum absolute atomic E-state index is 11.3. The van der Waals surface area contributed by atoms with Crippen LogP contribution >= 0.6 is 11.8 Å². The normalized spacial score (nSPS) is 14.2. The second-order valence-electron chi connectivity index (χ2n) is 3.20. The summed E-state index contributed by atoms with van der Waals surface area (Å²) in [5.41, 5.74) is 0. The molecule has 86 valence electrons. The van der Waals surface area contributed by atoms with Crippen molar-refractivity contribution in [3.8, 4) is 0 Å². The van der Waals surface area contributed by atoms with Gasteiger partial charge >= 0.3 is 0 Å². The van der Waals surface area contributed by atoms with E-state index < -0.39 is 10.0 Å². The maximum Gasteiger partial charge on any atom is 0.211 e. The zero-order valence-corrected chi connectivity index (χ0v) is 10.3. The SMILES string of the molecule is CSCCC(C)NS(=O)(=O)CCCO. The molecule has 4 nitrogen and oxygen atoms in total. The molecule has 0 aromatic heterocycles. The lowest BCUT2D eigenvalue weighted by Gasteiger charge is -2.12. The van der Waals surface area contributed by atoms with E-state index in [1.807, 2.05) is 13.2 Å². The highest BCUT2D eigenvalue weighted by molar-refractivity contribution is 7.98. The standard InChI is InChI=1S/C8H19NO3S2/c1-8(4-6-13-2)9-14(11,12)7-3-5-10/h8-10H,3-7H2,1-2H3. The van der Waals surface area contributed by atoms with E-state index in [4.69, 9.17) is 5.11 Å². The van der Waals surface area contributed by atoms with E-state index in [2.05, 4.69) is 4.72 Å². The Morgan fingerprint density at radius 3 is 2.64 bits per heavy atom. The third-order valence-corrected chi connectivity index (χ3v) is 3.94. The Kier molecular flexibility index (Phi) is 7.62. The molecule has 0 saturated heterocycles. The lowest BCUT2D eigenvalue weighted by molar-refractivity contribution is 0.295. The summed E-state index contributed by atoms with van der Waals surface area (Å²) in [7, 11) is -3.19. The Balaban J connectivity index is 3.83. The van der Waals surface area contributed by atoms with Crippen molar-refractivity contribution in [1.82, 2.24) is 4.72 Å². The summed E-state index contributed by atoms with van der Waals surface area (Å²) in [5, 5.41) is 8.51. The van der Waals surface area contributed by atoms with Gasteiger partial charge in [-0.2, -0.15) is 11.8 Å². The molecule has 0 spiro atoms. The van der Waals surface area contributed by atoms with Gasteiger partial charge in [-0.3, -0.25) is 0 Å². The third kappa shape index (κ3) is 7.61. The first-order valence-electron chi connectivity index (χ1n) is 4.61. The molecule has 0 bridgehead atoms. The molecule has 1 unspecified atom stereocenters.